The van der Waals surface area contributed by atoms with E-state index >= 15 is 0 Å². The van der Waals surface area contributed by atoms with Crippen LogP contribution in [0.2, 0.25) is 0 Å². The van der Waals surface area contributed by atoms with Crippen LogP contribution in [-0.2, 0) is 10.5 Å². The minimum absolute atomic E-state index is 0.482. The first-order valence-corrected chi connectivity index (χ1v) is 7.83. The summed E-state index contributed by atoms with van der Waals surface area (Å²) in [7, 11) is 0. The van der Waals surface area contributed by atoms with E-state index in [-0.39, 0.29) is 0 Å². The maximum absolute atomic E-state index is 10.9. The minimum atomic E-state index is -0.953. The largest absolute Gasteiger partial charge is 0.480 e. The molecular formula is C13H19NO2S2. The van der Waals surface area contributed by atoms with Crippen molar-refractivity contribution in [1.82, 2.24) is 0 Å². The third kappa shape index (κ3) is 4.23. The van der Waals surface area contributed by atoms with Gasteiger partial charge in [-0.25, -0.2) is 0 Å². The molecule has 0 fully saturated rings. The van der Waals surface area contributed by atoms with Gasteiger partial charge >= 0.3 is 5.97 Å². The number of thioether (sulfide) groups is 2. The van der Waals surface area contributed by atoms with Gasteiger partial charge in [-0.05, 0) is 37.8 Å². The molecule has 5 heteroatoms. The van der Waals surface area contributed by atoms with Gasteiger partial charge in [-0.3, -0.25) is 4.79 Å². The molecule has 0 bridgehead atoms. The van der Waals surface area contributed by atoms with Crippen LogP contribution in [0.4, 0.5) is 0 Å². The molecule has 1 rings (SSSR count). The number of aliphatic carboxylic acids is 1. The standard InChI is InChI=1S/C13H19NO2S2/c1-13(2,11(14)12(15)16)18-8-9-4-6-10(17-3)7-5-9/h4-7,11H,8,14H2,1-3H3,(H,15,16)/t11-/m1/s1. The van der Waals surface area contributed by atoms with Crippen molar-refractivity contribution in [2.75, 3.05) is 6.26 Å². The lowest BCUT2D eigenvalue weighted by Crippen LogP contribution is -2.46. The third-order valence-corrected chi connectivity index (χ3v) is 5.00. The molecule has 0 amide bonds. The van der Waals surface area contributed by atoms with Crippen molar-refractivity contribution < 1.29 is 9.90 Å². The molecule has 0 saturated heterocycles. The van der Waals surface area contributed by atoms with Crippen molar-refractivity contribution in [2.24, 2.45) is 5.73 Å². The molecule has 0 heterocycles. The van der Waals surface area contributed by atoms with Gasteiger partial charge in [0.2, 0.25) is 0 Å². The summed E-state index contributed by atoms with van der Waals surface area (Å²) in [6.45, 7) is 3.74. The van der Waals surface area contributed by atoms with E-state index in [0.29, 0.717) is 0 Å². The Balaban J connectivity index is 2.60. The smallest absolute Gasteiger partial charge is 0.321 e. The highest BCUT2D eigenvalue weighted by atomic mass is 32.2. The number of carboxylic acids is 1. The van der Waals surface area contributed by atoms with Crippen molar-refractivity contribution >= 4 is 29.5 Å². The Morgan fingerprint density at radius 3 is 2.39 bits per heavy atom. The lowest BCUT2D eigenvalue weighted by atomic mass is 10.1. The summed E-state index contributed by atoms with van der Waals surface area (Å²) in [5.41, 5.74) is 6.86. The normalized spacial score (nSPS) is 13.3. The zero-order valence-electron chi connectivity index (χ0n) is 10.8. The number of benzene rings is 1. The molecule has 0 spiro atoms. The molecule has 0 aromatic heterocycles. The van der Waals surface area contributed by atoms with E-state index in [4.69, 9.17) is 10.8 Å². The molecule has 100 valence electrons. The average molecular weight is 285 g/mol. The summed E-state index contributed by atoms with van der Waals surface area (Å²) in [6.07, 6.45) is 2.04. The summed E-state index contributed by atoms with van der Waals surface area (Å²) in [5.74, 6) is -0.187. The van der Waals surface area contributed by atoms with Gasteiger partial charge in [0.15, 0.2) is 0 Å². The first kappa shape index (κ1) is 15.4. The van der Waals surface area contributed by atoms with Crippen LogP contribution in [0.1, 0.15) is 19.4 Å². The highest BCUT2D eigenvalue weighted by molar-refractivity contribution is 8.00. The number of hydrogen-bond donors (Lipinski definition) is 2. The summed E-state index contributed by atoms with van der Waals surface area (Å²) < 4.78 is -0.482. The zero-order chi connectivity index (χ0) is 13.8. The fourth-order valence-electron chi connectivity index (χ4n) is 1.38. The second-order valence-corrected chi connectivity index (χ2v) is 7.07. The number of rotatable bonds is 6. The molecule has 0 saturated carbocycles. The van der Waals surface area contributed by atoms with Crippen molar-refractivity contribution in [3.63, 3.8) is 0 Å². The van der Waals surface area contributed by atoms with Gasteiger partial charge in [-0.2, -0.15) is 0 Å². The summed E-state index contributed by atoms with van der Waals surface area (Å²) in [6, 6.07) is 7.44. The Bertz CT molecular complexity index is 404. The fraction of sp³-hybridized carbons (Fsp3) is 0.462. The number of carbonyl (C=O) groups is 1. The maximum atomic E-state index is 10.9. The minimum Gasteiger partial charge on any atom is -0.480 e. The molecule has 0 aliphatic heterocycles. The maximum Gasteiger partial charge on any atom is 0.321 e. The van der Waals surface area contributed by atoms with E-state index in [1.54, 1.807) is 23.5 Å². The van der Waals surface area contributed by atoms with Gasteiger partial charge < -0.3 is 10.8 Å². The van der Waals surface area contributed by atoms with Gasteiger partial charge in [0.1, 0.15) is 6.04 Å². The highest BCUT2D eigenvalue weighted by Crippen LogP contribution is 2.31. The second kappa shape index (κ2) is 6.50. The predicted octanol–water partition coefficient (Wildman–Crippen LogP) is 2.83. The predicted molar refractivity (Wildman–Crippen MR) is 79.2 cm³/mol. The summed E-state index contributed by atoms with van der Waals surface area (Å²) in [4.78, 5) is 12.1. The summed E-state index contributed by atoms with van der Waals surface area (Å²) in [5, 5.41) is 8.94. The van der Waals surface area contributed by atoms with Gasteiger partial charge in [0.25, 0.3) is 0 Å². The third-order valence-electron chi connectivity index (χ3n) is 2.78. The average Bonchev–Trinajstić information content (AvgIpc) is 2.36. The van der Waals surface area contributed by atoms with Crippen molar-refractivity contribution in [2.45, 2.75) is 35.3 Å². The highest BCUT2D eigenvalue weighted by Gasteiger charge is 2.32. The molecule has 18 heavy (non-hydrogen) atoms. The SMILES string of the molecule is CSc1ccc(CSC(C)(C)[C@H](N)C(=O)O)cc1. The van der Waals surface area contributed by atoms with E-state index in [0.717, 1.165) is 5.75 Å². The Hall–Kier alpha value is -0.650. The Morgan fingerprint density at radius 1 is 1.39 bits per heavy atom. The molecule has 0 radical (unpaired) electrons. The first-order valence-electron chi connectivity index (χ1n) is 5.62. The van der Waals surface area contributed by atoms with Crippen LogP contribution in [0, 0.1) is 0 Å². The van der Waals surface area contributed by atoms with Crippen molar-refractivity contribution in [1.29, 1.82) is 0 Å². The quantitative estimate of drug-likeness (QED) is 0.787. The molecule has 1 atom stereocenters. The van der Waals surface area contributed by atoms with E-state index in [2.05, 4.69) is 24.3 Å². The number of hydrogen-bond acceptors (Lipinski definition) is 4. The molecular weight excluding hydrogens is 266 g/mol. The first-order chi connectivity index (χ1) is 8.36. The van der Waals surface area contributed by atoms with Gasteiger partial charge in [-0.1, -0.05) is 12.1 Å². The van der Waals surface area contributed by atoms with Crippen LogP contribution < -0.4 is 5.73 Å². The topological polar surface area (TPSA) is 63.3 Å². The molecule has 0 aliphatic carbocycles. The van der Waals surface area contributed by atoms with Crippen LogP contribution in [-0.4, -0.2) is 28.1 Å². The van der Waals surface area contributed by atoms with Crippen LogP contribution in [0.5, 0.6) is 0 Å². The Morgan fingerprint density at radius 2 is 1.94 bits per heavy atom. The Kier molecular flexibility index (Phi) is 5.56. The van der Waals surface area contributed by atoms with Gasteiger partial charge in [-0.15, -0.1) is 23.5 Å². The van der Waals surface area contributed by atoms with Crippen molar-refractivity contribution in [3.05, 3.63) is 29.8 Å². The van der Waals surface area contributed by atoms with E-state index in [9.17, 15) is 4.79 Å². The molecule has 1 aromatic carbocycles. The second-order valence-electron chi connectivity index (χ2n) is 4.56. The van der Waals surface area contributed by atoms with Gasteiger partial charge in [0, 0.05) is 15.4 Å². The number of carboxylic acid groups (broad SMARTS) is 1. The number of nitrogens with two attached hydrogens (primary N) is 1. The van der Waals surface area contributed by atoms with Crippen LogP contribution in [0.3, 0.4) is 0 Å². The zero-order valence-corrected chi connectivity index (χ0v) is 12.5. The van der Waals surface area contributed by atoms with E-state index in [1.165, 1.54) is 10.5 Å². The molecule has 3 N–H and O–H groups in total. The van der Waals surface area contributed by atoms with Crippen LogP contribution >= 0.6 is 23.5 Å². The van der Waals surface area contributed by atoms with Crippen molar-refractivity contribution in [3.8, 4) is 0 Å². The fourth-order valence-corrected chi connectivity index (χ4v) is 2.80. The summed E-state index contributed by atoms with van der Waals surface area (Å²) >= 11 is 3.27. The molecule has 1 aromatic rings. The van der Waals surface area contributed by atoms with E-state index < -0.39 is 16.8 Å². The lowest BCUT2D eigenvalue weighted by Gasteiger charge is -2.28. The van der Waals surface area contributed by atoms with E-state index in [1.807, 2.05) is 20.1 Å². The molecule has 0 unspecified atom stereocenters. The van der Waals surface area contributed by atoms with Crippen LogP contribution in [0.15, 0.2) is 29.2 Å². The molecule has 0 aliphatic rings. The lowest BCUT2D eigenvalue weighted by molar-refractivity contribution is -0.139. The Labute approximate surface area is 117 Å². The monoisotopic (exact) mass is 285 g/mol. The van der Waals surface area contributed by atoms with Crippen LogP contribution in [0.25, 0.3) is 0 Å². The molecule has 3 nitrogen and oxygen atoms in total. The van der Waals surface area contributed by atoms with Gasteiger partial charge in [0.05, 0.1) is 0 Å².